The van der Waals surface area contributed by atoms with Gasteiger partial charge in [-0.15, -0.1) is 6.58 Å². The van der Waals surface area contributed by atoms with E-state index in [1.807, 2.05) is 0 Å². The van der Waals surface area contributed by atoms with Crippen molar-refractivity contribution in [2.75, 3.05) is 13.7 Å². The minimum Gasteiger partial charge on any atom is -0.497 e. The van der Waals surface area contributed by atoms with Gasteiger partial charge in [-0.3, -0.25) is 19.8 Å². The van der Waals surface area contributed by atoms with Crippen LogP contribution in [-0.4, -0.2) is 33.7 Å². The third-order valence-electron chi connectivity index (χ3n) is 3.75. The molecular weight excluding hydrogens is 388 g/mol. The van der Waals surface area contributed by atoms with Gasteiger partial charge in [-0.2, -0.15) is 0 Å². The van der Waals surface area contributed by atoms with E-state index in [1.54, 1.807) is 36.4 Å². The van der Waals surface area contributed by atoms with Crippen molar-refractivity contribution in [3.8, 4) is 17.1 Å². The average molecular weight is 402 g/mol. The third kappa shape index (κ3) is 3.79. The summed E-state index contributed by atoms with van der Waals surface area (Å²) in [5.74, 6) is 0.868. The summed E-state index contributed by atoms with van der Waals surface area (Å²) >= 11 is 6.36. The molecule has 27 heavy (non-hydrogen) atoms. The lowest BCUT2D eigenvalue weighted by atomic mass is 10.1. The number of hydrogen-bond acceptors (Lipinski definition) is 7. The maximum Gasteiger partial charge on any atom is 0.284 e. The summed E-state index contributed by atoms with van der Waals surface area (Å²) in [5.41, 5.74) is 0.187. The molecule has 1 aliphatic rings. The van der Waals surface area contributed by atoms with Gasteiger partial charge >= 0.3 is 0 Å². The zero-order valence-corrected chi connectivity index (χ0v) is 15.8. The molecule has 0 radical (unpaired) electrons. The van der Waals surface area contributed by atoms with Gasteiger partial charge in [0.05, 0.1) is 28.6 Å². The molecule has 1 amide bonds. The van der Waals surface area contributed by atoms with Crippen molar-refractivity contribution < 1.29 is 18.9 Å². The number of furan rings is 1. The quantitative estimate of drug-likeness (QED) is 0.235. The molecule has 0 atom stereocenters. The standard InChI is InChI=1S/C18H14N2O5S2/c1-3-8-19-17(21)16(27-18(19)26)10-12-5-7-15(25-12)13-6-4-11(24-2)9-14(13)20(22)23/h3-7,9-10H,1,8H2,2H3/b16-10+. The highest BCUT2D eigenvalue weighted by molar-refractivity contribution is 8.26. The lowest BCUT2D eigenvalue weighted by Crippen LogP contribution is -2.27. The van der Waals surface area contributed by atoms with Gasteiger partial charge in [0.1, 0.15) is 21.6 Å². The normalized spacial score (nSPS) is 15.4. The predicted octanol–water partition coefficient (Wildman–Crippen LogP) is 4.25. The predicted molar refractivity (Wildman–Crippen MR) is 107 cm³/mol. The van der Waals surface area contributed by atoms with Gasteiger partial charge in [-0.05, 0) is 24.3 Å². The second-order valence-electron chi connectivity index (χ2n) is 5.42. The molecular formula is C18H14N2O5S2. The highest BCUT2D eigenvalue weighted by Gasteiger charge is 2.31. The van der Waals surface area contributed by atoms with E-state index in [0.29, 0.717) is 38.6 Å². The molecule has 1 aliphatic heterocycles. The molecule has 9 heteroatoms. The van der Waals surface area contributed by atoms with E-state index in [1.165, 1.54) is 29.8 Å². The van der Waals surface area contributed by atoms with E-state index >= 15 is 0 Å². The highest BCUT2D eigenvalue weighted by atomic mass is 32.2. The number of nitro benzene ring substituents is 1. The van der Waals surface area contributed by atoms with Crippen LogP contribution in [-0.2, 0) is 4.79 Å². The minimum absolute atomic E-state index is 0.132. The van der Waals surface area contributed by atoms with Crippen LogP contribution in [0.25, 0.3) is 17.4 Å². The number of amides is 1. The van der Waals surface area contributed by atoms with Gasteiger partial charge in [0, 0.05) is 12.6 Å². The zero-order chi connectivity index (χ0) is 19.6. The summed E-state index contributed by atoms with van der Waals surface area (Å²) in [7, 11) is 1.44. The van der Waals surface area contributed by atoms with Gasteiger partial charge in [0.25, 0.3) is 11.6 Å². The molecule has 0 spiro atoms. The van der Waals surface area contributed by atoms with E-state index in [0.717, 1.165) is 0 Å². The Labute approximate surface area is 164 Å². The number of nitrogens with zero attached hydrogens (tertiary/aromatic N) is 2. The fourth-order valence-corrected chi connectivity index (χ4v) is 3.74. The first-order valence-electron chi connectivity index (χ1n) is 7.73. The van der Waals surface area contributed by atoms with Crippen molar-refractivity contribution in [1.82, 2.24) is 4.90 Å². The molecule has 0 N–H and O–H groups in total. The van der Waals surface area contributed by atoms with E-state index in [4.69, 9.17) is 21.4 Å². The maximum atomic E-state index is 12.4. The Bertz CT molecular complexity index is 980. The van der Waals surface area contributed by atoms with Crippen LogP contribution in [0.15, 0.2) is 52.3 Å². The van der Waals surface area contributed by atoms with Gasteiger partial charge < -0.3 is 9.15 Å². The Morgan fingerprint density at radius 3 is 2.85 bits per heavy atom. The molecule has 0 aliphatic carbocycles. The molecule has 2 aromatic rings. The number of thioether (sulfide) groups is 1. The first-order valence-corrected chi connectivity index (χ1v) is 8.96. The molecule has 2 heterocycles. The number of rotatable bonds is 6. The Hall–Kier alpha value is -2.91. The van der Waals surface area contributed by atoms with Crippen LogP contribution < -0.4 is 4.74 Å². The maximum absolute atomic E-state index is 12.4. The highest BCUT2D eigenvalue weighted by Crippen LogP contribution is 2.36. The van der Waals surface area contributed by atoms with Crippen LogP contribution in [0, 0.1) is 10.1 Å². The first kappa shape index (κ1) is 18.9. The number of thiocarbonyl (C=S) groups is 1. The number of ether oxygens (including phenoxy) is 1. The third-order valence-corrected chi connectivity index (χ3v) is 5.13. The number of carbonyl (C=O) groups excluding carboxylic acids is 1. The molecule has 0 saturated carbocycles. The molecule has 7 nitrogen and oxygen atoms in total. The topological polar surface area (TPSA) is 85.8 Å². The van der Waals surface area contributed by atoms with Gasteiger partial charge in [-0.25, -0.2) is 0 Å². The fourth-order valence-electron chi connectivity index (χ4n) is 2.49. The summed E-state index contributed by atoms with van der Waals surface area (Å²) in [6.07, 6.45) is 3.17. The van der Waals surface area contributed by atoms with Crippen molar-refractivity contribution in [1.29, 1.82) is 0 Å². The fraction of sp³-hybridized carbons (Fsp3) is 0.111. The summed E-state index contributed by atoms with van der Waals surface area (Å²) in [4.78, 5) is 25.1. The van der Waals surface area contributed by atoms with E-state index in [2.05, 4.69) is 6.58 Å². The molecule has 0 unspecified atom stereocenters. The number of hydrogen-bond donors (Lipinski definition) is 0. The Morgan fingerprint density at radius 2 is 2.19 bits per heavy atom. The van der Waals surface area contributed by atoms with E-state index < -0.39 is 4.92 Å². The molecule has 138 valence electrons. The Balaban J connectivity index is 1.92. The van der Waals surface area contributed by atoms with Crippen molar-refractivity contribution >= 4 is 46.0 Å². The van der Waals surface area contributed by atoms with Crippen LogP contribution in [0.2, 0.25) is 0 Å². The number of carbonyl (C=O) groups is 1. The lowest BCUT2D eigenvalue weighted by Gasteiger charge is -2.10. The van der Waals surface area contributed by atoms with Gasteiger partial charge in [-0.1, -0.05) is 30.1 Å². The Morgan fingerprint density at radius 1 is 1.41 bits per heavy atom. The van der Waals surface area contributed by atoms with Crippen molar-refractivity contribution in [3.05, 3.63) is 63.8 Å². The molecule has 1 saturated heterocycles. The second kappa shape index (κ2) is 7.77. The van der Waals surface area contributed by atoms with Crippen LogP contribution in [0.3, 0.4) is 0 Å². The van der Waals surface area contributed by atoms with Crippen LogP contribution in [0.5, 0.6) is 5.75 Å². The average Bonchev–Trinajstić information content (AvgIpc) is 3.22. The molecule has 3 rings (SSSR count). The Kier molecular flexibility index (Phi) is 5.43. The van der Waals surface area contributed by atoms with Crippen LogP contribution >= 0.6 is 24.0 Å². The number of methoxy groups -OCH3 is 1. The monoisotopic (exact) mass is 402 g/mol. The van der Waals surface area contributed by atoms with Crippen LogP contribution in [0.1, 0.15) is 5.76 Å². The SMILES string of the molecule is C=CCN1C(=O)/C(=C\c2ccc(-c3ccc(OC)cc3[N+](=O)[O-])o2)SC1=S. The van der Waals surface area contributed by atoms with Crippen molar-refractivity contribution in [2.45, 2.75) is 0 Å². The zero-order valence-electron chi connectivity index (χ0n) is 14.2. The first-order chi connectivity index (χ1) is 12.9. The van der Waals surface area contributed by atoms with Gasteiger partial charge in [0.15, 0.2) is 0 Å². The molecule has 1 fully saturated rings. The summed E-state index contributed by atoms with van der Waals surface area (Å²) < 4.78 is 11.2. The number of nitro groups is 1. The van der Waals surface area contributed by atoms with Crippen LogP contribution in [0.4, 0.5) is 5.69 Å². The second-order valence-corrected chi connectivity index (χ2v) is 7.10. The smallest absolute Gasteiger partial charge is 0.284 e. The van der Waals surface area contributed by atoms with Crippen molar-refractivity contribution in [3.63, 3.8) is 0 Å². The van der Waals surface area contributed by atoms with E-state index in [9.17, 15) is 14.9 Å². The summed E-state index contributed by atoms with van der Waals surface area (Å²) in [5, 5.41) is 11.3. The van der Waals surface area contributed by atoms with Crippen molar-refractivity contribution in [2.24, 2.45) is 0 Å². The van der Waals surface area contributed by atoms with E-state index in [-0.39, 0.29) is 11.6 Å². The summed E-state index contributed by atoms with van der Waals surface area (Å²) in [6.45, 7) is 3.95. The molecule has 1 aromatic heterocycles. The molecule has 0 bridgehead atoms. The number of benzene rings is 1. The van der Waals surface area contributed by atoms with Gasteiger partial charge in [0.2, 0.25) is 0 Å². The summed E-state index contributed by atoms with van der Waals surface area (Å²) in [6, 6.07) is 7.76. The molecule has 1 aromatic carbocycles. The largest absolute Gasteiger partial charge is 0.497 e. The lowest BCUT2D eigenvalue weighted by molar-refractivity contribution is -0.384. The minimum atomic E-state index is -0.500.